The summed E-state index contributed by atoms with van der Waals surface area (Å²) in [6.45, 7) is 0.510. The normalized spacial score (nSPS) is 9.89. The summed E-state index contributed by atoms with van der Waals surface area (Å²) in [5.41, 5.74) is 0.391. The van der Waals surface area contributed by atoms with E-state index in [9.17, 15) is 9.59 Å². The molecule has 0 bridgehead atoms. The fourth-order valence-corrected chi connectivity index (χ4v) is 1.63. The van der Waals surface area contributed by atoms with Crippen molar-refractivity contribution in [2.75, 3.05) is 26.9 Å². The molecule has 0 heterocycles. The second kappa shape index (κ2) is 7.84. The zero-order chi connectivity index (χ0) is 13.4. The maximum absolute atomic E-state index is 11.6. The number of hydrogen-bond donors (Lipinski definition) is 1. The fourth-order valence-electron chi connectivity index (χ4n) is 1.18. The third-order valence-electron chi connectivity index (χ3n) is 2.06. The number of carbonyl (C=O) groups excluding carboxylic acids is 2. The Balaban J connectivity index is 2.38. The van der Waals surface area contributed by atoms with Gasteiger partial charge in [-0.3, -0.25) is 4.79 Å². The molecular weight excluding hydrogens is 302 g/mol. The van der Waals surface area contributed by atoms with Gasteiger partial charge in [-0.25, -0.2) is 4.79 Å². The SMILES string of the molecule is COCCNC(=O)COC(=O)c1ccccc1Br. The lowest BCUT2D eigenvalue weighted by molar-refractivity contribution is -0.124. The molecular formula is C12H14BrNO4. The first-order valence-corrected chi connectivity index (χ1v) is 6.11. The average Bonchev–Trinajstić information content (AvgIpc) is 2.37. The molecule has 1 aromatic carbocycles. The van der Waals surface area contributed by atoms with E-state index >= 15 is 0 Å². The molecule has 5 nitrogen and oxygen atoms in total. The Bertz CT molecular complexity index is 422. The van der Waals surface area contributed by atoms with Crippen molar-refractivity contribution in [3.8, 4) is 0 Å². The maximum Gasteiger partial charge on any atom is 0.339 e. The van der Waals surface area contributed by atoms with E-state index in [1.807, 2.05) is 0 Å². The molecule has 0 aromatic heterocycles. The average molecular weight is 316 g/mol. The molecule has 1 amide bonds. The van der Waals surface area contributed by atoms with Gasteiger partial charge >= 0.3 is 5.97 Å². The summed E-state index contributed by atoms with van der Waals surface area (Å²) in [5, 5.41) is 2.55. The van der Waals surface area contributed by atoms with Crippen molar-refractivity contribution >= 4 is 27.8 Å². The van der Waals surface area contributed by atoms with Gasteiger partial charge in [-0.05, 0) is 28.1 Å². The van der Waals surface area contributed by atoms with Crippen LogP contribution in [0, 0.1) is 0 Å². The fraction of sp³-hybridized carbons (Fsp3) is 0.333. The molecule has 1 N–H and O–H groups in total. The van der Waals surface area contributed by atoms with E-state index in [0.717, 1.165) is 0 Å². The summed E-state index contributed by atoms with van der Waals surface area (Å²) in [4.78, 5) is 22.9. The van der Waals surface area contributed by atoms with Gasteiger partial charge < -0.3 is 14.8 Å². The molecule has 0 saturated carbocycles. The monoisotopic (exact) mass is 315 g/mol. The molecule has 98 valence electrons. The van der Waals surface area contributed by atoms with Gasteiger partial charge in [0.25, 0.3) is 5.91 Å². The topological polar surface area (TPSA) is 64.6 Å². The second-order valence-corrected chi connectivity index (χ2v) is 4.25. The van der Waals surface area contributed by atoms with E-state index in [4.69, 9.17) is 9.47 Å². The van der Waals surface area contributed by atoms with Gasteiger partial charge in [-0.2, -0.15) is 0 Å². The Kier molecular flexibility index (Phi) is 6.38. The molecule has 0 spiro atoms. The zero-order valence-electron chi connectivity index (χ0n) is 9.94. The van der Waals surface area contributed by atoms with Crippen LogP contribution in [-0.2, 0) is 14.3 Å². The maximum atomic E-state index is 11.6. The minimum absolute atomic E-state index is 0.302. The zero-order valence-corrected chi connectivity index (χ0v) is 11.5. The van der Waals surface area contributed by atoms with Crippen LogP contribution >= 0.6 is 15.9 Å². The number of carbonyl (C=O) groups is 2. The van der Waals surface area contributed by atoms with E-state index in [2.05, 4.69) is 21.2 Å². The molecule has 18 heavy (non-hydrogen) atoms. The first-order chi connectivity index (χ1) is 8.65. The lowest BCUT2D eigenvalue weighted by Crippen LogP contribution is -2.31. The molecule has 0 aliphatic heterocycles. The molecule has 0 aliphatic rings. The van der Waals surface area contributed by atoms with Gasteiger partial charge in [-0.1, -0.05) is 12.1 Å². The van der Waals surface area contributed by atoms with Gasteiger partial charge in [0.1, 0.15) is 0 Å². The molecule has 0 radical (unpaired) electrons. The van der Waals surface area contributed by atoms with E-state index < -0.39 is 5.97 Å². The van der Waals surface area contributed by atoms with Crippen LogP contribution < -0.4 is 5.32 Å². The number of amides is 1. The Morgan fingerprint density at radius 3 is 2.72 bits per heavy atom. The van der Waals surface area contributed by atoms with Crippen molar-refractivity contribution in [1.82, 2.24) is 5.32 Å². The number of benzene rings is 1. The van der Waals surface area contributed by atoms with Crippen LogP contribution in [0.25, 0.3) is 0 Å². The minimum Gasteiger partial charge on any atom is -0.452 e. The number of esters is 1. The summed E-state index contributed by atoms with van der Waals surface area (Å²) >= 11 is 3.24. The van der Waals surface area contributed by atoms with Crippen molar-refractivity contribution < 1.29 is 19.1 Å². The van der Waals surface area contributed by atoms with Crippen LogP contribution in [0.15, 0.2) is 28.7 Å². The predicted molar refractivity (Wildman–Crippen MR) is 69.3 cm³/mol. The number of hydrogen-bond acceptors (Lipinski definition) is 4. The van der Waals surface area contributed by atoms with Crippen LogP contribution in [0.5, 0.6) is 0 Å². The first kappa shape index (κ1) is 14.7. The highest BCUT2D eigenvalue weighted by atomic mass is 79.9. The van der Waals surface area contributed by atoms with E-state index in [1.54, 1.807) is 31.4 Å². The molecule has 0 saturated heterocycles. The largest absolute Gasteiger partial charge is 0.452 e. The lowest BCUT2D eigenvalue weighted by atomic mass is 10.2. The highest BCUT2D eigenvalue weighted by Crippen LogP contribution is 2.16. The highest BCUT2D eigenvalue weighted by molar-refractivity contribution is 9.10. The quantitative estimate of drug-likeness (QED) is 0.636. The second-order valence-electron chi connectivity index (χ2n) is 3.40. The third-order valence-corrected chi connectivity index (χ3v) is 2.75. The van der Waals surface area contributed by atoms with Crippen molar-refractivity contribution in [3.05, 3.63) is 34.3 Å². The molecule has 1 rings (SSSR count). The van der Waals surface area contributed by atoms with Crippen LogP contribution in [0.4, 0.5) is 0 Å². The van der Waals surface area contributed by atoms with Gasteiger partial charge in [0, 0.05) is 18.1 Å². The van der Waals surface area contributed by atoms with Crippen molar-refractivity contribution in [2.24, 2.45) is 0 Å². The van der Waals surface area contributed by atoms with Crippen molar-refractivity contribution in [2.45, 2.75) is 0 Å². The summed E-state index contributed by atoms with van der Waals surface area (Å²) in [5.74, 6) is -0.892. The van der Waals surface area contributed by atoms with Crippen molar-refractivity contribution in [3.63, 3.8) is 0 Å². The number of ether oxygens (including phenoxy) is 2. The van der Waals surface area contributed by atoms with E-state index in [-0.39, 0.29) is 12.5 Å². The number of nitrogens with one attached hydrogen (secondary N) is 1. The molecule has 0 atom stereocenters. The predicted octanol–water partition coefficient (Wildman–Crippen LogP) is 1.37. The smallest absolute Gasteiger partial charge is 0.339 e. The van der Waals surface area contributed by atoms with Gasteiger partial charge in [-0.15, -0.1) is 0 Å². The number of methoxy groups -OCH3 is 1. The molecule has 6 heteroatoms. The first-order valence-electron chi connectivity index (χ1n) is 5.32. The van der Waals surface area contributed by atoms with Crippen LogP contribution in [0.2, 0.25) is 0 Å². The Morgan fingerprint density at radius 2 is 2.06 bits per heavy atom. The van der Waals surface area contributed by atoms with Gasteiger partial charge in [0.15, 0.2) is 6.61 Å². The number of rotatable bonds is 6. The molecule has 0 unspecified atom stereocenters. The van der Waals surface area contributed by atoms with E-state index in [1.165, 1.54) is 0 Å². The summed E-state index contributed by atoms with van der Waals surface area (Å²) in [6.07, 6.45) is 0. The van der Waals surface area contributed by atoms with Crippen molar-refractivity contribution in [1.29, 1.82) is 0 Å². The van der Waals surface area contributed by atoms with Crippen LogP contribution in [-0.4, -0.2) is 38.7 Å². The van der Waals surface area contributed by atoms with E-state index in [0.29, 0.717) is 23.2 Å². The van der Waals surface area contributed by atoms with Gasteiger partial charge in [0.05, 0.1) is 12.2 Å². The third kappa shape index (κ3) is 4.85. The molecule has 0 fully saturated rings. The summed E-state index contributed by atoms with van der Waals surface area (Å²) < 4.78 is 10.3. The highest BCUT2D eigenvalue weighted by Gasteiger charge is 2.12. The standard InChI is InChI=1S/C12H14BrNO4/c1-17-7-6-14-11(15)8-18-12(16)9-4-2-3-5-10(9)13/h2-5H,6-8H2,1H3,(H,14,15). The summed E-state index contributed by atoms with van der Waals surface area (Å²) in [6, 6.07) is 6.86. The Hall–Kier alpha value is -1.40. The van der Waals surface area contributed by atoms with Crippen LogP contribution in [0.1, 0.15) is 10.4 Å². The Morgan fingerprint density at radius 1 is 1.33 bits per heavy atom. The number of halogens is 1. The van der Waals surface area contributed by atoms with Crippen LogP contribution in [0.3, 0.4) is 0 Å². The lowest BCUT2D eigenvalue weighted by Gasteiger charge is -2.07. The molecule has 1 aromatic rings. The van der Waals surface area contributed by atoms with Gasteiger partial charge in [0.2, 0.25) is 0 Å². The molecule has 0 aliphatic carbocycles. The summed E-state index contributed by atoms with van der Waals surface area (Å²) in [7, 11) is 1.54. The Labute approximate surface area is 114 Å². The minimum atomic E-state index is -0.538.